The van der Waals surface area contributed by atoms with Gasteiger partial charge in [0.2, 0.25) is 5.95 Å². The molecule has 6 rings (SSSR count). The third-order valence-corrected chi connectivity index (χ3v) is 5.51. The van der Waals surface area contributed by atoms with Gasteiger partial charge in [-0.3, -0.25) is 4.57 Å². The van der Waals surface area contributed by atoms with E-state index in [1.165, 1.54) is 18.5 Å². The van der Waals surface area contributed by atoms with Gasteiger partial charge in [-0.25, -0.2) is 29.3 Å². The molecule has 1 fully saturated rings. The van der Waals surface area contributed by atoms with E-state index >= 15 is 0 Å². The van der Waals surface area contributed by atoms with Gasteiger partial charge >= 0.3 is 0 Å². The molecule has 0 amide bonds. The van der Waals surface area contributed by atoms with E-state index < -0.39 is 0 Å². The number of imidazole rings is 2. The summed E-state index contributed by atoms with van der Waals surface area (Å²) in [4.78, 5) is 26.8. The lowest BCUT2D eigenvalue weighted by molar-refractivity contribution is 0.0708. The van der Waals surface area contributed by atoms with E-state index in [-0.39, 0.29) is 11.9 Å². The number of rotatable bonds is 3. The van der Waals surface area contributed by atoms with Crippen molar-refractivity contribution in [2.45, 2.75) is 18.9 Å². The molecule has 10 heteroatoms. The second-order valence-electron chi connectivity index (χ2n) is 7.37. The standard InChI is InChI=1S/C21H17FN8O/c22-13-1-2-15-18(9-13)29(12-26-15)21-24-10-17-20(28-21)30(14-4-7-31-8-5-14)19(27-17)16-3-6-23-11-25-16/h1-3,6,9-12,14H,4-5,7-8H2. The molecule has 0 unspecified atom stereocenters. The average Bonchev–Trinajstić information content (AvgIpc) is 3.41. The molecule has 1 aliphatic heterocycles. The molecule has 1 aliphatic rings. The fourth-order valence-corrected chi connectivity index (χ4v) is 4.03. The van der Waals surface area contributed by atoms with Gasteiger partial charge in [-0.2, -0.15) is 4.98 Å². The Morgan fingerprint density at radius 1 is 1.00 bits per heavy atom. The van der Waals surface area contributed by atoms with Crippen molar-refractivity contribution in [2.24, 2.45) is 0 Å². The summed E-state index contributed by atoms with van der Waals surface area (Å²) in [6.07, 6.45) is 8.19. The Hall–Kier alpha value is -3.79. The Labute approximate surface area is 175 Å². The van der Waals surface area contributed by atoms with Crippen LogP contribution in [-0.2, 0) is 4.74 Å². The molecule has 4 aromatic heterocycles. The van der Waals surface area contributed by atoms with E-state index in [0.717, 1.165) is 24.4 Å². The molecule has 0 spiro atoms. The first-order valence-corrected chi connectivity index (χ1v) is 10.00. The number of hydrogen-bond acceptors (Lipinski definition) is 7. The van der Waals surface area contributed by atoms with E-state index in [1.54, 1.807) is 29.4 Å². The molecule has 0 aliphatic carbocycles. The van der Waals surface area contributed by atoms with Gasteiger partial charge in [0.25, 0.3) is 0 Å². The Bertz CT molecular complexity index is 1390. The van der Waals surface area contributed by atoms with Gasteiger partial charge < -0.3 is 9.30 Å². The minimum absolute atomic E-state index is 0.170. The maximum absolute atomic E-state index is 13.8. The molecular weight excluding hydrogens is 399 g/mol. The van der Waals surface area contributed by atoms with Gasteiger partial charge in [-0.15, -0.1) is 0 Å². The summed E-state index contributed by atoms with van der Waals surface area (Å²) >= 11 is 0. The highest BCUT2D eigenvalue weighted by Gasteiger charge is 2.25. The van der Waals surface area contributed by atoms with Crippen LogP contribution in [0.4, 0.5) is 4.39 Å². The molecule has 31 heavy (non-hydrogen) atoms. The van der Waals surface area contributed by atoms with Gasteiger partial charge in [-0.1, -0.05) is 0 Å². The maximum Gasteiger partial charge on any atom is 0.237 e. The molecular formula is C21H17FN8O. The summed E-state index contributed by atoms with van der Waals surface area (Å²) in [5, 5.41) is 0. The minimum atomic E-state index is -0.339. The van der Waals surface area contributed by atoms with E-state index in [4.69, 9.17) is 14.7 Å². The van der Waals surface area contributed by atoms with Crippen molar-refractivity contribution in [3.05, 3.63) is 55.1 Å². The van der Waals surface area contributed by atoms with Crippen molar-refractivity contribution < 1.29 is 9.13 Å². The number of ether oxygens (including phenoxy) is 1. The number of benzene rings is 1. The predicted molar refractivity (Wildman–Crippen MR) is 110 cm³/mol. The third-order valence-electron chi connectivity index (χ3n) is 5.51. The summed E-state index contributed by atoms with van der Waals surface area (Å²) in [5.74, 6) is 0.786. The van der Waals surface area contributed by atoms with Crippen LogP contribution in [-0.4, -0.2) is 52.3 Å². The van der Waals surface area contributed by atoms with Crippen molar-refractivity contribution in [3.63, 3.8) is 0 Å². The van der Waals surface area contributed by atoms with Crippen molar-refractivity contribution in [2.75, 3.05) is 13.2 Å². The first kappa shape index (κ1) is 18.0. The van der Waals surface area contributed by atoms with Crippen LogP contribution >= 0.6 is 0 Å². The molecule has 5 heterocycles. The lowest BCUT2D eigenvalue weighted by Crippen LogP contribution is -2.21. The van der Waals surface area contributed by atoms with Gasteiger partial charge in [0.05, 0.1) is 17.2 Å². The number of fused-ring (bicyclic) bond motifs is 2. The molecule has 5 aromatic rings. The fraction of sp³-hybridized carbons (Fsp3) is 0.238. The lowest BCUT2D eigenvalue weighted by atomic mass is 10.1. The Kier molecular flexibility index (Phi) is 4.17. The highest BCUT2D eigenvalue weighted by Crippen LogP contribution is 2.31. The van der Waals surface area contributed by atoms with E-state index in [9.17, 15) is 4.39 Å². The molecule has 0 atom stereocenters. The van der Waals surface area contributed by atoms with Crippen LogP contribution in [0.3, 0.4) is 0 Å². The molecule has 9 nitrogen and oxygen atoms in total. The number of aromatic nitrogens is 8. The van der Waals surface area contributed by atoms with Gasteiger partial charge in [0, 0.05) is 31.5 Å². The molecule has 0 N–H and O–H groups in total. The van der Waals surface area contributed by atoms with Crippen molar-refractivity contribution >= 4 is 22.2 Å². The van der Waals surface area contributed by atoms with Crippen LogP contribution < -0.4 is 0 Å². The second-order valence-corrected chi connectivity index (χ2v) is 7.37. The number of halogens is 1. The summed E-state index contributed by atoms with van der Waals surface area (Å²) < 4.78 is 23.2. The molecule has 0 radical (unpaired) electrons. The highest BCUT2D eigenvalue weighted by molar-refractivity contribution is 5.79. The first-order valence-electron chi connectivity index (χ1n) is 10.00. The zero-order valence-electron chi connectivity index (χ0n) is 16.4. The summed E-state index contributed by atoms with van der Waals surface area (Å²) in [6, 6.07) is 6.45. The Balaban J connectivity index is 1.57. The van der Waals surface area contributed by atoms with Crippen molar-refractivity contribution in [1.82, 2.24) is 39.0 Å². The van der Waals surface area contributed by atoms with Crippen LogP contribution in [0.25, 0.3) is 39.7 Å². The van der Waals surface area contributed by atoms with E-state index in [1.807, 2.05) is 6.07 Å². The van der Waals surface area contributed by atoms with Gasteiger partial charge in [0.15, 0.2) is 11.5 Å². The largest absolute Gasteiger partial charge is 0.381 e. The number of nitrogens with zero attached hydrogens (tertiary/aromatic N) is 8. The highest BCUT2D eigenvalue weighted by atomic mass is 19.1. The molecule has 154 valence electrons. The molecule has 0 saturated carbocycles. The predicted octanol–water partition coefficient (Wildman–Crippen LogP) is 3.11. The van der Waals surface area contributed by atoms with Crippen LogP contribution in [0, 0.1) is 5.82 Å². The lowest BCUT2D eigenvalue weighted by Gasteiger charge is -2.25. The quantitative estimate of drug-likeness (QED) is 0.446. The molecule has 1 aromatic carbocycles. The monoisotopic (exact) mass is 416 g/mol. The zero-order valence-corrected chi connectivity index (χ0v) is 16.4. The number of hydrogen-bond donors (Lipinski definition) is 0. The smallest absolute Gasteiger partial charge is 0.237 e. The van der Waals surface area contributed by atoms with Gasteiger partial charge in [0.1, 0.15) is 29.7 Å². The van der Waals surface area contributed by atoms with Crippen molar-refractivity contribution in [3.8, 4) is 17.5 Å². The van der Waals surface area contributed by atoms with E-state index in [2.05, 4.69) is 24.5 Å². The average molecular weight is 416 g/mol. The van der Waals surface area contributed by atoms with Crippen LogP contribution in [0.1, 0.15) is 18.9 Å². The summed E-state index contributed by atoms with van der Waals surface area (Å²) in [5.41, 5.74) is 3.36. The van der Waals surface area contributed by atoms with Gasteiger partial charge in [-0.05, 0) is 31.0 Å². The first-order chi connectivity index (χ1) is 15.3. The topological polar surface area (TPSA) is 96.4 Å². The molecule has 0 bridgehead atoms. The van der Waals surface area contributed by atoms with Crippen LogP contribution in [0.2, 0.25) is 0 Å². The normalized spacial score (nSPS) is 15.1. The zero-order chi connectivity index (χ0) is 20.8. The second kappa shape index (κ2) is 7.17. The maximum atomic E-state index is 13.8. The minimum Gasteiger partial charge on any atom is -0.381 e. The summed E-state index contributed by atoms with van der Waals surface area (Å²) in [7, 11) is 0. The van der Waals surface area contributed by atoms with Crippen LogP contribution in [0.15, 0.2) is 49.3 Å². The SMILES string of the molecule is Fc1ccc2ncn(-c3ncc4nc(-c5ccncn5)n(C5CCOCC5)c4n3)c2c1. The summed E-state index contributed by atoms with van der Waals surface area (Å²) in [6.45, 7) is 1.36. The third kappa shape index (κ3) is 3.03. The Morgan fingerprint density at radius 3 is 2.74 bits per heavy atom. The Morgan fingerprint density at radius 2 is 1.90 bits per heavy atom. The van der Waals surface area contributed by atoms with Crippen molar-refractivity contribution in [1.29, 1.82) is 0 Å². The fourth-order valence-electron chi connectivity index (χ4n) is 4.03. The molecule has 1 saturated heterocycles. The van der Waals surface area contributed by atoms with E-state index in [0.29, 0.717) is 41.4 Å². The van der Waals surface area contributed by atoms with Crippen LogP contribution in [0.5, 0.6) is 0 Å².